The standard InChI is InChI=1S/C50H39N9O6/c60-43-23-22-41(46(61)53-43)59-48(62)39-12-7-13-40(44(39)49(59)63)51-26-24-36-30-56(55-54-36)29-31-14-16-33(17-15-31)45-47(57-27-25-35(28-42(57)52-45)32-8-3-1-4-9-32)58(37-10-5-2-6-11-37)38-20-18-34(19-21-38)50(64)65/h1-21,25,27-28,30,41,51H,22-24,26,29H2,(H,64,65)(H,53,60,61). The van der Waals surface area contributed by atoms with Gasteiger partial charge in [-0.2, -0.15) is 0 Å². The minimum atomic E-state index is -1.04. The number of carboxylic acid groups (broad SMARTS) is 1. The molecule has 4 amide bonds. The zero-order valence-corrected chi connectivity index (χ0v) is 34.7. The van der Waals surface area contributed by atoms with Crippen LogP contribution in [0.25, 0.3) is 28.0 Å². The third kappa shape index (κ3) is 7.75. The van der Waals surface area contributed by atoms with Crippen molar-refractivity contribution in [2.24, 2.45) is 0 Å². The van der Waals surface area contributed by atoms with E-state index in [-0.39, 0.29) is 29.5 Å². The molecule has 0 aliphatic carbocycles. The van der Waals surface area contributed by atoms with Crippen LogP contribution in [0.3, 0.4) is 0 Å². The van der Waals surface area contributed by atoms with Crippen molar-refractivity contribution in [3.05, 3.63) is 180 Å². The summed E-state index contributed by atoms with van der Waals surface area (Å²) < 4.78 is 3.81. The van der Waals surface area contributed by atoms with Gasteiger partial charge in [-0.25, -0.2) is 14.5 Å². The molecule has 1 saturated heterocycles. The number of hydrogen-bond donors (Lipinski definition) is 3. The summed E-state index contributed by atoms with van der Waals surface area (Å²) in [7, 11) is 0. The molecule has 0 radical (unpaired) electrons. The second-order valence-electron chi connectivity index (χ2n) is 15.8. The van der Waals surface area contributed by atoms with E-state index in [2.05, 4.69) is 54.5 Å². The van der Waals surface area contributed by atoms with Crippen LogP contribution in [-0.2, 0) is 22.6 Å². The largest absolute Gasteiger partial charge is 0.478 e. The molecule has 15 heteroatoms. The Bertz CT molecular complexity index is 3150. The highest BCUT2D eigenvalue weighted by molar-refractivity contribution is 6.25. The predicted molar refractivity (Wildman–Crippen MR) is 242 cm³/mol. The van der Waals surface area contributed by atoms with E-state index in [1.165, 1.54) is 0 Å². The molecular formula is C50H39N9O6. The number of fused-ring (bicyclic) bond motifs is 2. The molecule has 10 rings (SSSR count). The lowest BCUT2D eigenvalue weighted by molar-refractivity contribution is -0.136. The Balaban J connectivity index is 0.887. The number of amides is 4. The number of imide groups is 2. The second kappa shape index (κ2) is 16.9. The Morgan fingerprint density at radius 2 is 1.52 bits per heavy atom. The molecule has 2 aliphatic rings. The molecule has 65 heavy (non-hydrogen) atoms. The van der Waals surface area contributed by atoms with E-state index in [1.54, 1.807) is 47.1 Å². The van der Waals surface area contributed by atoms with Gasteiger partial charge in [0.25, 0.3) is 11.8 Å². The number of rotatable bonds is 13. The number of hydrogen-bond acceptors (Lipinski definition) is 10. The fraction of sp³-hybridized carbons (Fsp3) is 0.120. The number of para-hydroxylation sites is 1. The molecule has 3 aromatic heterocycles. The van der Waals surface area contributed by atoms with Gasteiger partial charge in [-0.3, -0.25) is 38.7 Å². The highest BCUT2D eigenvalue weighted by Crippen LogP contribution is 2.42. The number of carboxylic acids is 1. The summed E-state index contributed by atoms with van der Waals surface area (Å²) in [5, 5.41) is 23.9. The van der Waals surface area contributed by atoms with Gasteiger partial charge in [0.1, 0.15) is 17.4 Å². The fourth-order valence-corrected chi connectivity index (χ4v) is 8.45. The van der Waals surface area contributed by atoms with Gasteiger partial charge in [0.2, 0.25) is 11.8 Å². The van der Waals surface area contributed by atoms with Gasteiger partial charge in [0.05, 0.1) is 28.9 Å². The van der Waals surface area contributed by atoms with E-state index in [1.807, 2.05) is 85.2 Å². The molecule has 15 nitrogen and oxygen atoms in total. The molecule has 0 bridgehead atoms. The first-order chi connectivity index (χ1) is 31.7. The number of benzene rings is 5. The number of nitrogens with zero attached hydrogens (tertiary/aromatic N) is 7. The third-order valence-electron chi connectivity index (χ3n) is 11.6. The summed E-state index contributed by atoms with van der Waals surface area (Å²) in [5.41, 5.74) is 8.80. The van der Waals surface area contributed by atoms with E-state index in [4.69, 9.17) is 4.98 Å². The normalized spacial score (nSPS) is 14.7. The van der Waals surface area contributed by atoms with Crippen molar-refractivity contribution in [1.82, 2.24) is 34.6 Å². The van der Waals surface area contributed by atoms with Crippen LogP contribution >= 0.6 is 0 Å². The number of nitrogens with one attached hydrogen (secondary N) is 2. The van der Waals surface area contributed by atoms with Gasteiger partial charge in [-0.15, -0.1) is 5.10 Å². The first kappa shape index (κ1) is 40.4. The maximum Gasteiger partial charge on any atom is 0.335 e. The number of carbonyl (C=O) groups is 5. The van der Waals surface area contributed by atoms with Gasteiger partial charge in [-0.05, 0) is 83.8 Å². The van der Waals surface area contributed by atoms with Gasteiger partial charge in [-0.1, -0.05) is 84.1 Å². The molecule has 1 fully saturated rings. The van der Waals surface area contributed by atoms with E-state index >= 15 is 0 Å². The van der Waals surface area contributed by atoms with Crippen LogP contribution in [0.15, 0.2) is 152 Å². The highest BCUT2D eigenvalue weighted by Gasteiger charge is 2.45. The summed E-state index contributed by atoms with van der Waals surface area (Å²) in [4.78, 5) is 71.1. The molecule has 0 spiro atoms. The first-order valence-electron chi connectivity index (χ1n) is 21.0. The third-order valence-corrected chi connectivity index (χ3v) is 11.6. The molecule has 0 saturated carbocycles. The van der Waals surface area contributed by atoms with Crippen molar-refractivity contribution >= 4 is 58.1 Å². The summed E-state index contributed by atoms with van der Waals surface area (Å²) in [6.07, 6.45) is 4.48. The van der Waals surface area contributed by atoms with Crippen LogP contribution < -0.4 is 15.5 Å². The van der Waals surface area contributed by atoms with Crippen LogP contribution in [0.2, 0.25) is 0 Å². The number of anilines is 4. The van der Waals surface area contributed by atoms with E-state index in [9.17, 15) is 29.1 Å². The maximum absolute atomic E-state index is 13.5. The molecule has 320 valence electrons. The van der Waals surface area contributed by atoms with Gasteiger partial charge in [0, 0.05) is 54.4 Å². The van der Waals surface area contributed by atoms with Crippen molar-refractivity contribution in [2.45, 2.75) is 31.8 Å². The Morgan fingerprint density at radius 3 is 2.26 bits per heavy atom. The van der Waals surface area contributed by atoms with Crippen LogP contribution in [0.5, 0.6) is 0 Å². The molecular weight excluding hydrogens is 823 g/mol. The van der Waals surface area contributed by atoms with E-state index in [0.717, 1.165) is 61.4 Å². The van der Waals surface area contributed by atoms with E-state index < -0.39 is 35.6 Å². The smallest absolute Gasteiger partial charge is 0.335 e. The summed E-state index contributed by atoms with van der Waals surface area (Å²) >= 11 is 0. The average molecular weight is 862 g/mol. The van der Waals surface area contributed by atoms with E-state index in [0.29, 0.717) is 25.2 Å². The summed E-state index contributed by atoms with van der Waals surface area (Å²) in [5.74, 6) is -2.44. The van der Waals surface area contributed by atoms with Crippen LogP contribution in [-0.4, -0.2) is 76.6 Å². The lowest BCUT2D eigenvalue weighted by atomic mass is 10.0. The van der Waals surface area contributed by atoms with Crippen LogP contribution in [0.4, 0.5) is 22.9 Å². The topological polar surface area (TPSA) is 184 Å². The molecule has 1 unspecified atom stereocenters. The Kier molecular flexibility index (Phi) is 10.5. The van der Waals surface area contributed by atoms with Crippen LogP contribution in [0.1, 0.15) is 55.2 Å². The fourth-order valence-electron chi connectivity index (χ4n) is 8.45. The number of carbonyl (C=O) groups excluding carboxylic acids is 4. The Hall–Kier alpha value is -8.72. The number of pyridine rings is 1. The van der Waals surface area contributed by atoms with Crippen molar-refractivity contribution in [3.63, 3.8) is 0 Å². The SMILES string of the molecule is O=C1CCC(N2C(=O)c3cccc(NCCc4cn(Cc5ccc(-c6nc7cc(-c8ccccc8)ccn7c6N(c6ccccc6)c6ccc(C(=O)O)cc6)cc5)nn4)c3C2=O)C(=O)N1. The second-order valence-corrected chi connectivity index (χ2v) is 15.8. The molecule has 2 aliphatic heterocycles. The maximum atomic E-state index is 13.5. The summed E-state index contributed by atoms with van der Waals surface area (Å²) in [6.45, 7) is 0.839. The minimum Gasteiger partial charge on any atom is -0.478 e. The van der Waals surface area contributed by atoms with Crippen molar-refractivity contribution < 1.29 is 29.1 Å². The molecule has 5 heterocycles. The Morgan fingerprint density at radius 1 is 0.785 bits per heavy atom. The zero-order valence-electron chi connectivity index (χ0n) is 34.7. The van der Waals surface area contributed by atoms with Crippen molar-refractivity contribution in [2.75, 3.05) is 16.8 Å². The Labute approximate surface area is 371 Å². The molecule has 3 N–H and O–H groups in total. The highest BCUT2D eigenvalue weighted by atomic mass is 16.4. The summed E-state index contributed by atoms with van der Waals surface area (Å²) in [6, 6.07) is 43.0. The lowest BCUT2D eigenvalue weighted by Gasteiger charge is -2.27. The van der Waals surface area contributed by atoms with Gasteiger partial charge < -0.3 is 10.4 Å². The average Bonchev–Trinajstić information content (AvgIpc) is 4.01. The minimum absolute atomic E-state index is 0.0466. The van der Waals surface area contributed by atoms with Gasteiger partial charge >= 0.3 is 5.97 Å². The number of aromatic carboxylic acids is 1. The monoisotopic (exact) mass is 861 g/mol. The quantitative estimate of drug-likeness (QED) is 0.0974. The van der Waals surface area contributed by atoms with Crippen molar-refractivity contribution in [1.29, 1.82) is 0 Å². The first-order valence-corrected chi connectivity index (χ1v) is 21.0. The lowest BCUT2D eigenvalue weighted by Crippen LogP contribution is -2.54. The number of imidazole rings is 1. The molecule has 8 aromatic rings. The predicted octanol–water partition coefficient (Wildman–Crippen LogP) is 7.53. The molecule has 1 atom stereocenters. The zero-order chi connectivity index (χ0) is 44.6. The molecule has 5 aromatic carbocycles. The van der Waals surface area contributed by atoms with Crippen molar-refractivity contribution in [3.8, 4) is 22.4 Å². The number of aromatic nitrogens is 5. The van der Waals surface area contributed by atoms with Gasteiger partial charge in [0.15, 0.2) is 5.82 Å². The van der Waals surface area contributed by atoms with Crippen LogP contribution in [0, 0.1) is 0 Å². The number of piperidine rings is 1.